The number of nitrogens with zero attached hydrogens (tertiary/aromatic N) is 2. The molecule has 1 saturated heterocycles. The van der Waals surface area contributed by atoms with Crippen LogP contribution in [0, 0.1) is 16.0 Å². The van der Waals surface area contributed by atoms with Gasteiger partial charge in [0.2, 0.25) is 5.91 Å². The van der Waals surface area contributed by atoms with E-state index < -0.39 is 10.8 Å². The number of nitrogens with two attached hydrogens (primary N) is 1. The average molecular weight is 417 g/mol. The number of nitrogens with one attached hydrogen (secondary N) is 1. The number of amides is 2. The Hall–Kier alpha value is -2.59. The van der Waals surface area contributed by atoms with Gasteiger partial charge in [-0.05, 0) is 12.8 Å². The molecule has 1 aromatic carbocycles. The molecule has 0 aliphatic carbocycles. The van der Waals surface area contributed by atoms with Crippen molar-refractivity contribution in [2.24, 2.45) is 11.7 Å². The lowest BCUT2D eigenvalue weighted by molar-refractivity contribution is -0.385. The van der Waals surface area contributed by atoms with Crippen molar-refractivity contribution in [1.82, 2.24) is 10.2 Å². The van der Waals surface area contributed by atoms with E-state index in [0.717, 1.165) is 0 Å². The van der Waals surface area contributed by atoms with Crippen LogP contribution in [0.3, 0.4) is 0 Å². The maximum atomic E-state index is 12.9. The van der Waals surface area contributed by atoms with Crippen molar-refractivity contribution >= 4 is 29.9 Å². The summed E-state index contributed by atoms with van der Waals surface area (Å²) in [6.07, 6.45) is 1.28. The molecule has 2 rings (SSSR count). The van der Waals surface area contributed by atoms with Crippen LogP contribution in [0.2, 0.25) is 0 Å². The molecule has 1 unspecified atom stereocenters. The number of nitro benzene ring substituents is 1. The number of ether oxygens (including phenoxy) is 2. The number of carbonyl (C=O) groups excluding carboxylic acids is 2. The first-order valence-corrected chi connectivity index (χ1v) is 8.60. The molecule has 1 fully saturated rings. The fraction of sp³-hybridized carbons (Fsp3) is 0.529. The minimum absolute atomic E-state index is 0. The third-order valence-corrected chi connectivity index (χ3v) is 4.45. The second-order valence-corrected chi connectivity index (χ2v) is 6.15. The summed E-state index contributed by atoms with van der Waals surface area (Å²) in [6, 6.07) is 2.47. The number of hydrogen-bond donors (Lipinski definition) is 2. The zero-order chi connectivity index (χ0) is 20.0. The van der Waals surface area contributed by atoms with Gasteiger partial charge in [-0.1, -0.05) is 0 Å². The van der Waals surface area contributed by atoms with Crippen molar-refractivity contribution in [3.05, 3.63) is 27.8 Å². The molecule has 1 aromatic rings. The van der Waals surface area contributed by atoms with Crippen molar-refractivity contribution in [1.29, 1.82) is 0 Å². The summed E-state index contributed by atoms with van der Waals surface area (Å²) in [7, 11) is 2.74. The van der Waals surface area contributed by atoms with E-state index in [1.165, 1.54) is 31.3 Å². The standard InChI is InChI=1S/C17H24N4O6.ClH/c1-26-14-8-12(13(21(24)25)9-15(14)27-2)17(23)20-7-3-4-11(10-20)16(22)19-6-5-18;/h8-9,11H,3-7,10,18H2,1-2H3,(H,19,22);1H. The molecule has 0 saturated carbocycles. The number of hydrogen-bond acceptors (Lipinski definition) is 7. The van der Waals surface area contributed by atoms with Gasteiger partial charge in [0.1, 0.15) is 5.56 Å². The molecular formula is C17H25ClN4O6. The molecule has 3 N–H and O–H groups in total. The fourth-order valence-corrected chi connectivity index (χ4v) is 3.08. The second kappa shape index (κ2) is 10.7. The smallest absolute Gasteiger partial charge is 0.286 e. The average Bonchev–Trinajstić information content (AvgIpc) is 2.70. The van der Waals surface area contributed by atoms with Crippen LogP contribution in [0.1, 0.15) is 23.2 Å². The summed E-state index contributed by atoms with van der Waals surface area (Å²) in [6.45, 7) is 1.31. The topological polar surface area (TPSA) is 137 Å². The van der Waals surface area contributed by atoms with Gasteiger partial charge < -0.3 is 25.4 Å². The molecule has 0 spiro atoms. The van der Waals surface area contributed by atoms with Gasteiger partial charge in [0, 0.05) is 32.2 Å². The Morgan fingerprint density at radius 2 is 1.96 bits per heavy atom. The van der Waals surface area contributed by atoms with Crippen LogP contribution in [0.5, 0.6) is 11.5 Å². The van der Waals surface area contributed by atoms with E-state index in [1.807, 2.05) is 0 Å². The molecule has 1 heterocycles. The zero-order valence-electron chi connectivity index (χ0n) is 15.8. The van der Waals surface area contributed by atoms with Gasteiger partial charge in [0.15, 0.2) is 11.5 Å². The molecule has 1 atom stereocenters. The highest BCUT2D eigenvalue weighted by Gasteiger charge is 2.32. The summed E-state index contributed by atoms with van der Waals surface area (Å²) in [5.41, 5.74) is 4.92. The van der Waals surface area contributed by atoms with Gasteiger partial charge in [-0.3, -0.25) is 19.7 Å². The van der Waals surface area contributed by atoms with Crippen molar-refractivity contribution in [2.45, 2.75) is 12.8 Å². The molecule has 11 heteroatoms. The van der Waals surface area contributed by atoms with E-state index in [0.29, 0.717) is 32.5 Å². The van der Waals surface area contributed by atoms with Crippen LogP contribution in [-0.2, 0) is 4.79 Å². The lowest BCUT2D eigenvalue weighted by Crippen LogP contribution is -2.46. The predicted octanol–water partition coefficient (Wildman–Crippen LogP) is 0.961. The lowest BCUT2D eigenvalue weighted by atomic mass is 9.96. The molecule has 0 aromatic heterocycles. The first-order valence-electron chi connectivity index (χ1n) is 8.60. The third kappa shape index (κ3) is 5.23. The number of carbonyl (C=O) groups is 2. The summed E-state index contributed by atoms with van der Waals surface area (Å²) >= 11 is 0. The van der Waals surface area contributed by atoms with Crippen LogP contribution >= 0.6 is 12.4 Å². The number of likely N-dealkylation sites (tertiary alicyclic amines) is 1. The largest absolute Gasteiger partial charge is 0.493 e. The fourth-order valence-electron chi connectivity index (χ4n) is 3.08. The predicted molar refractivity (Wildman–Crippen MR) is 104 cm³/mol. The second-order valence-electron chi connectivity index (χ2n) is 6.15. The molecule has 1 aliphatic rings. The van der Waals surface area contributed by atoms with Gasteiger partial charge in [0.05, 0.1) is 31.1 Å². The number of benzene rings is 1. The van der Waals surface area contributed by atoms with E-state index in [2.05, 4.69) is 5.32 Å². The van der Waals surface area contributed by atoms with Crippen molar-refractivity contribution < 1.29 is 24.0 Å². The first-order chi connectivity index (χ1) is 12.9. The van der Waals surface area contributed by atoms with E-state index in [4.69, 9.17) is 15.2 Å². The van der Waals surface area contributed by atoms with Crippen LogP contribution < -0.4 is 20.5 Å². The SMILES string of the molecule is COc1cc(C(=O)N2CCCC(C(=O)NCCN)C2)c([N+](=O)[O-])cc1OC.Cl. The van der Waals surface area contributed by atoms with E-state index in [9.17, 15) is 19.7 Å². The zero-order valence-corrected chi connectivity index (χ0v) is 16.6. The monoisotopic (exact) mass is 416 g/mol. The number of nitro groups is 1. The molecular weight excluding hydrogens is 392 g/mol. The van der Waals surface area contributed by atoms with Crippen LogP contribution in [0.4, 0.5) is 5.69 Å². The number of rotatable bonds is 7. The Labute approximate surface area is 168 Å². The summed E-state index contributed by atoms with van der Waals surface area (Å²) < 4.78 is 10.2. The normalized spacial score (nSPS) is 16.0. The molecule has 2 amide bonds. The Balaban J connectivity index is 0.00000392. The van der Waals surface area contributed by atoms with E-state index >= 15 is 0 Å². The molecule has 0 radical (unpaired) electrons. The Morgan fingerprint density at radius 3 is 2.54 bits per heavy atom. The number of halogens is 1. The lowest BCUT2D eigenvalue weighted by Gasteiger charge is -2.32. The van der Waals surface area contributed by atoms with Gasteiger partial charge in [-0.25, -0.2) is 0 Å². The van der Waals surface area contributed by atoms with Gasteiger partial charge in [-0.15, -0.1) is 12.4 Å². The summed E-state index contributed by atoms with van der Waals surface area (Å²) in [5, 5.41) is 14.1. The first kappa shape index (κ1) is 23.4. The van der Waals surface area contributed by atoms with Gasteiger partial charge >= 0.3 is 0 Å². The highest BCUT2D eigenvalue weighted by atomic mass is 35.5. The van der Waals surface area contributed by atoms with Gasteiger partial charge in [0.25, 0.3) is 11.6 Å². The van der Waals surface area contributed by atoms with Gasteiger partial charge in [-0.2, -0.15) is 0 Å². The van der Waals surface area contributed by atoms with Crippen molar-refractivity contribution in [3.8, 4) is 11.5 Å². The van der Waals surface area contributed by atoms with Crippen LogP contribution in [-0.4, -0.2) is 62.0 Å². The maximum Gasteiger partial charge on any atom is 0.286 e. The summed E-state index contributed by atoms with van der Waals surface area (Å²) in [5.74, 6) is -0.661. The maximum absolute atomic E-state index is 12.9. The Morgan fingerprint density at radius 1 is 1.32 bits per heavy atom. The highest BCUT2D eigenvalue weighted by Crippen LogP contribution is 2.35. The van der Waals surface area contributed by atoms with Crippen molar-refractivity contribution in [2.75, 3.05) is 40.4 Å². The minimum atomic E-state index is -0.634. The number of methoxy groups -OCH3 is 2. The molecule has 10 nitrogen and oxygen atoms in total. The van der Waals surface area contributed by atoms with E-state index in [1.54, 1.807) is 0 Å². The molecule has 1 aliphatic heterocycles. The summed E-state index contributed by atoms with van der Waals surface area (Å²) in [4.78, 5) is 37.4. The Kier molecular flexibility index (Phi) is 8.93. The third-order valence-electron chi connectivity index (χ3n) is 4.45. The van der Waals surface area contributed by atoms with Crippen molar-refractivity contribution in [3.63, 3.8) is 0 Å². The number of piperidine rings is 1. The molecule has 156 valence electrons. The minimum Gasteiger partial charge on any atom is -0.493 e. The quantitative estimate of drug-likeness (QED) is 0.498. The van der Waals surface area contributed by atoms with Crippen LogP contribution in [0.15, 0.2) is 12.1 Å². The highest BCUT2D eigenvalue weighted by molar-refractivity contribution is 5.99. The van der Waals surface area contributed by atoms with Crippen LogP contribution in [0.25, 0.3) is 0 Å². The molecule has 0 bridgehead atoms. The van der Waals surface area contributed by atoms with E-state index in [-0.39, 0.29) is 53.5 Å². The Bertz CT molecular complexity index is 730. The molecule has 28 heavy (non-hydrogen) atoms.